The van der Waals surface area contributed by atoms with Crippen molar-refractivity contribution >= 4 is 27.5 Å². The van der Waals surface area contributed by atoms with Crippen molar-refractivity contribution in [1.82, 2.24) is 4.98 Å². The van der Waals surface area contributed by atoms with Crippen molar-refractivity contribution in [3.8, 4) is 17.2 Å². The quantitative estimate of drug-likeness (QED) is 0.607. The molecule has 0 radical (unpaired) electrons. The van der Waals surface area contributed by atoms with Crippen molar-refractivity contribution in [2.75, 3.05) is 5.32 Å². The first kappa shape index (κ1) is 19.5. The lowest BCUT2D eigenvalue weighted by molar-refractivity contribution is -0.118. The first-order valence-electron chi connectivity index (χ1n) is 8.42. The molecule has 140 valence electrons. The van der Waals surface area contributed by atoms with E-state index in [1.54, 1.807) is 12.4 Å². The molecule has 28 heavy (non-hydrogen) atoms. The number of carbonyl (C=O) groups excluding carboxylic acids is 1. The van der Waals surface area contributed by atoms with Gasteiger partial charge in [0.2, 0.25) is 5.91 Å². The van der Waals surface area contributed by atoms with Gasteiger partial charge in [-0.15, -0.1) is 0 Å². The van der Waals surface area contributed by atoms with Crippen LogP contribution in [0.15, 0.2) is 65.4 Å². The second-order valence-electron chi connectivity index (χ2n) is 6.16. The summed E-state index contributed by atoms with van der Waals surface area (Å²) in [6, 6.07) is 15.1. The van der Waals surface area contributed by atoms with E-state index in [-0.39, 0.29) is 11.3 Å². The van der Waals surface area contributed by atoms with Crippen LogP contribution >= 0.6 is 15.9 Å². The van der Waals surface area contributed by atoms with Crippen molar-refractivity contribution in [3.05, 3.63) is 82.3 Å². The van der Waals surface area contributed by atoms with Crippen molar-refractivity contribution in [1.29, 1.82) is 5.26 Å². The summed E-state index contributed by atoms with van der Waals surface area (Å²) >= 11 is 3.22. The molecule has 7 heteroatoms. The molecule has 0 spiro atoms. The lowest BCUT2D eigenvalue weighted by Crippen LogP contribution is -2.37. The molecule has 0 unspecified atom stereocenters. The van der Waals surface area contributed by atoms with Crippen LogP contribution in [0.2, 0.25) is 0 Å². The molecule has 0 aliphatic rings. The van der Waals surface area contributed by atoms with Crippen LogP contribution in [0.4, 0.5) is 10.1 Å². The summed E-state index contributed by atoms with van der Waals surface area (Å²) in [5.74, 6) is -1.22. The summed E-state index contributed by atoms with van der Waals surface area (Å²) in [5, 5.41) is 11.8. The van der Waals surface area contributed by atoms with Gasteiger partial charge in [0.25, 0.3) is 0 Å². The second-order valence-corrected chi connectivity index (χ2v) is 7.01. The molecular weight excluding hydrogens is 423 g/mol. The fourth-order valence-electron chi connectivity index (χ4n) is 2.77. The molecule has 1 atom stereocenters. The zero-order valence-corrected chi connectivity index (χ0v) is 16.3. The highest BCUT2D eigenvalue weighted by Gasteiger charge is 2.19. The number of benzene rings is 2. The van der Waals surface area contributed by atoms with E-state index in [1.165, 1.54) is 6.07 Å². The summed E-state index contributed by atoms with van der Waals surface area (Å²) in [4.78, 5) is 15.9. The number of nitrogens with two attached hydrogens (primary N) is 1. The zero-order chi connectivity index (χ0) is 20.1. The minimum Gasteiger partial charge on any atom is -0.371 e. The molecule has 3 rings (SSSR count). The fraction of sp³-hybridized carbons (Fsp3) is 0.0952. The summed E-state index contributed by atoms with van der Waals surface area (Å²) in [5.41, 5.74) is 8.71. The summed E-state index contributed by atoms with van der Waals surface area (Å²) in [6.07, 6.45) is 3.74. The SMILES string of the molecule is N#Cc1cc(F)c(N[C@H](Cc2ccc(-c3ccncc3)cc2)C(N)=O)cc1Br. The predicted molar refractivity (Wildman–Crippen MR) is 109 cm³/mol. The highest BCUT2D eigenvalue weighted by atomic mass is 79.9. The third-order valence-electron chi connectivity index (χ3n) is 4.26. The summed E-state index contributed by atoms with van der Waals surface area (Å²) in [7, 11) is 0. The van der Waals surface area contributed by atoms with E-state index < -0.39 is 17.8 Å². The molecule has 0 fully saturated rings. The number of nitriles is 1. The van der Waals surface area contributed by atoms with Crippen LogP contribution in [-0.4, -0.2) is 16.9 Å². The standard InChI is InChI=1S/C21H16BrFN4O/c22-17-11-19(18(23)10-16(17)12-24)27-20(21(25)28)9-13-1-3-14(4-2-13)15-5-7-26-8-6-15/h1-8,10-11,20,27H,9H2,(H2,25,28)/t20-/m1/s1. The van der Waals surface area contributed by atoms with Gasteiger partial charge >= 0.3 is 0 Å². The topological polar surface area (TPSA) is 91.8 Å². The third kappa shape index (κ3) is 4.53. The Bertz CT molecular complexity index is 1030. The van der Waals surface area contributed by atoms with Gasteiger partial charge < -0.3 is 11.1 Å². The number of hydrogen-bond acceptors (Lipinski definition) is 4. The zero-order valence-electron chi connectivity index (χ0n) is 14.7. The van der Waals surface area contributed by atoms with E-state index in [2.05, 4.69) is 26.2 Å². The molecule has 0 saturated carbocycles. The minimum atomic E-state index is -0.805. The number of aromatic nitrogens is 1. The number of rotatable bonds is 6. The third-order valence-corrected chi connectivity index (χ3v) is 4.91. The number of nitrogens with one attached hydrogen (secondary N) is 1. The Labute approximate surface area is 170 Å². The number of amides is 1. The monoisotopic (exact) mass is 438 g/mol. The van der Waals surface area contributed by atoms with E-state index in [0.717, 1.165) is 22.8 Å². The maximum absolute atomic E-state index is 14.2. The van der Waals surface area contributed by atoms with Crippen molar-refractivity contribution in [2.24, 2.45) is 5.73 Å². The van der Waals surface area contributed by atoms with Gasteiger partial charge in [0.05, 0.1) is 11.3 Å². The number of nitrogens with zero attached hydrogens (tertiary/aromatic N) is 2. The van der Waals surface area contributed by atoms with Gasteiger partial charge in [-0.05, 0) is 56.9 Å². The smallest absolute Gasteiger partial charge is 0.240 e. The van der Waals surface area contributed by atoms with Gasteiger partial charge in [0.1, 0.15) is 17.9 Å². The van der Waals surface area contributed by atoms with E-state index in [1.807, 2.05) is 42.5 Å². The van der Waals surface area contributed by atoms with Crippen molar-refractivity contribution in [2.45, 2.75) is 12.5 Å². The number of hydrogen-bond donors (Lipinski definition) is 2. The highest BCUT2D eigenvalue weighted by Crippen LogP contribution is 2.26. The van der Waals surface area contributed by atoms with Crippen LogP contribution in [0.5, 0.6) is 0 Å². The predicted octanol–water partition coefficient (Wildman–Crippen LogP) is 4.03. The number of pyridine rings is 1. The Kier molecular flexibility index (Phi) is 6.02. The normalized spacial score (nSPS) is 11.5. The van der Waals surface area contributed by atoms with E-state index in [0.29, 0.717) is 10.9 Å². The summed E-state index contributed by atoms with van der Waals surface area (Å²) < 4.78 is 14.7. The van der Waals surface area contributed by atoms with Gasteiger partial charge in [0, 0.05) is 23.3 Å². The first-order valence-corrected chi connectivity index (χ1v) is 9.21. The molecular formula is C21H16BrFN4O. The minimum absolute atomic E-state index is 0.100. The van der Waals surface area contributed by atoms with Crippen LogP contribution < -0.4 is 11.1 Å². The molecule has 1 amide bonds. The lowest BCUT2D eigenvalue weighted by Gasteiger charge is -2.18. The van der Waals surface area contributed by atoms with E-state index in [4.69, 9.17) is 11.0 Å². The van der Waals surface area contributed by atoms with Crippen LogP contribution in [0.25, 0.3) is 11.1 Å². The van der Waals surface area contributed by atoms with Crippen LogP contribution in [0, 0.1) is 17.1 Å². The average Bonchev–Trinajstić information content (AvgIpc) is 2.71. The number of anilines is 1. The lowest BCUT2D eigenvalue weighted by atomic mass is 10.0. The molecule has 3 aromatic rings. The first-order chi connectivity index (χ1) is 13.5. The van der Waals surface area contributed by atoms with Crippen molar-refractivity contribution in [3.63, 3.8) is 0 Å². The Morgan fingerprint density at radius 2 is 1.82 bits per heavy atom. The Balaban J connectivity index is 1.78. The molecule has 1 aromatic heterocycles. The van der Waals surface area contributed by atoms with Gasteiger partial charge in [0.15, 0.2) is 0 Å². The average molecular weight is 439 g/mol. The van der Waals surface area contributed by atoms with E-state index >= 15 is 0 Å². The molecule has 3 N–H and O–H groups in total. The maximum Gasteiger partial charge on any atom is 0.240 e. The molecule has 5 nitrogen and oxygen atoms in total. The van der Waals surface area contributed by atoms with Crippen molar-refractivity contribution < 1.29 is 9.18 Å². The van der Waals surface area contributed by atoms with Gasteiger partial charge in [-0.1, -0.05) is 24.3 Å². The number of primary amides is 1. The van der Waals surface area contributed by atoms with Crippen LogP contribution in [-0.2, 0) is 11.2 Å². The van der Waals surface area contributed by atoms with Crippen LogP contribution in [0.3, 0.4) is 0 Å². The molecule has 0 aliphatic heterocycles. The molecule has 2 aromatic carbocycles. The molecule has 0 bridgehead atoms. The highest BCUT2D eigenvalue weighted by molar-refractivity contribution is 9.10. The summed E-state index contributed by atoms with van der Waals surface area (Å²) in [6.45, 7) is 0. The van der Waals surface area contributed by atoms with Gasteiger partial charge in [-0.2, -0.15) is 5.26 Å². The van der Waals surface area contributed by atoms with E-state index in [9.17, 15) is 9.18 Å². The Morgan fingerprint density at radius 1 is 1.18 bits per heavy atom. The molecule has 1 heterocycles. The molecule has 0 aliphatic carbocycles. The van der Waals surface area contributed by atoms with Gasteiger partial charge in [-0.3, -0.25) is 9.78 Å². The largest absolute Gasteiger partial charge is 0.371 e. The Hall–Kier alpha value is -3.24. The molecule has 0 saturated heterocycles. The second kappa shape index (κ2) is 8.63. The van der Waals surface area contributed by atoms with Gasteiger partial charge in [-0.25, -0.2) is 4.39 Å². The Morgan fingerprint density at radius 3 is 2.43 bits per heavy atom. The van der Waals surface area contributed by atoms with Crippen LogP contribution in [0.1, 0.15) is 11.1 Å². The maximum atomic E-state index is 14.2. The number of halogens is 2. The fourth-order valence-corrected chi connectivity index (χ4v) is 3.20. The number of carbonyl (C=O) groups is 1.